The van der Waals surface area contributed by atoms with Gasteiger partial charge in [-0.25, -0.2) is 9.37 Å². The Hall–Kier alpha value is -2.73. The number of nitrogens with zero attached hydrogens (tertiary/aromatic N) is 2. The molecule has 128 valence electrons. The largest absolute Gasteiger partial charge is 0.322 e. The number of aromatic nitrogens is 2. The molecule has 5 nitrogen and oxygen atoms in total. The summed E-state index contributed by atoms with van der Waals surface area (Å²) in [5.74, 6) is -0.930. The van der Waals surface area contributed by atoms with E-state index in [1.807, 2.05) is 6.92 Å². The number of benzene rings is 2. The van der Waals surface area contributed by atoms with E-state index in [9.17, 15) is 14.0 Å². The summed E-state index contributed by atoms with van der Waals surface area (Å²) in [6.07, 6.45) is 0. The minimum Gasteiger partial charge on any atom is -0.322 e. The summed E-state index contributed by atoms with van der Waals surface area (Å²) >= 11 is 5.72. The minimum absolute atomic E-state index is 0.0689. The Balaban J connectivity index is 1.98. The van der Waals surface area contributed by atoms with Crippen molar-refractivity contribution in [1.82, 2.24) is 9.55 Å². The van der Waals surface area contributed by atoms with Gasteiger partial charge in [0, 0.05) is 17.8 Å². The van der Waals surface area contributed by atoms with Crippen LogP contribution in [0.15, 0.2) is 41.2 Å². The lowest BCUT2D eigenvalue weighted by Crippen LogP contribution is -2.23. The van der Waals surface area contributed by atoms with Gasteiger partial charge in [0.25, 0.3) is 11.5 Å². The third-order valence-corrected chi connectivity index (χ3v) is 4.15. The monoisotopic (exact) mass is 359 g/mol. The van der Waals surface area contributed by atoms with Gasteiger partial charge in [-0.15, -0.1) is 0 Å². The zero-order valence-corrected chi connectivity index (χ0v) is 14.4. The van der Waals surface area contributed by atoms with Crippen molar-refractivity contribution in [2.75, 3.05) is 5.32 Å². The number of nitrogens with one attached hydrogen (secondary N) is 1. The smallest absolute Gasteiger partial charge is 0.272 e. The van der Waals surface area contributed by atoms with Crippen LogP contribution in [0.3, 0.4) is 0 Å². The van der Waals surface area contributed by atoms with E-state index in [1.54, 1.807) is 29.7 Å². The van der Waals surface area contributed by atoms with Crippen LogP contribution in [0.4, 0.5) is 10.1 Å². The summed E-state index contributed by atoms with van der Waals surface area (Å²) < 4.78 is 14.8. The molecule has 1 heterocycles. The molecule has 7 heteroatoms. The number of hydrogen-bond donors (Lipinski definition) is 1. The SMILES string of the molecule is CCn1c(=O)c(C)nc2cc(C(=O)Nc3ccc(F)c(Cl)c3)ccc21. The van der Waals surface area contributed by atoms with Crippen LogP contribution in [0, 0.1) is 12.7 Å². The second kappa shape index (κ2) is 6.64. The van der Waals surface area contributed by atoms with E-state index in [4.69, 9.17) is 11.6 Å². The lowest BCUT2D eigenvalue weighted by molar-refractivity contribution is 0.102. The maximum Gasteiger partial charge on any atom is 0.272 e. The van der Waals surface area contributed by atoms with E-state index in [-0.39, 0.29) is 16.5 Å². The van der Waals surface area contributed by atoms with E-state index in [1.165, 1.54) is 18.2 Å². The zero-order valence-electron chi connectivity index (χ0n) is 13.6. The molecule has 0 saturated carbocycles. The number of rotatable bonds is 3. The quantitative estimate of drug-likeness (QED) is 0.774. The first kappa shape index (κ1) is 17.1. The number of hydrogen-bond acceptors (Lipinski definition) is 3. The highest BCUT2D eigenvalue weighted by Gasteiger charge is 2.12. The molecule has 0 atom stereocenters. The van der Waals surface area contributed by atoms with E-state index in [2.05, 4.69) is 10.3 Å². The first-order valence-electron chi connectivity index (χ1n) is 7.68. The lowest BCUT2D eigenvalue weighted by atomic mass is 10.1. The second-order valence-corrected chi connectivity index (χ2v) is 5.94. The predicted octanol–water partition coefficient (Wildman–Crippen LogP) is 3.77. The highest BCUT2D eigenvalue weighted by molar-refractivity contribution is 6.31. The molecule has 1 aromatic heterocycles. The Labute approximate surface area is 148 Å². The third-order valence-electron chi connectivity index (χ3n) is 3.86. The fourth-order valence-corrected chi connectivity index (χ4v) is 2.79. The summed E-state index contributed by atoms with van der Waals surface area (Å²) in [7, 11) is 0. The van der Waals surface area contributed by atoms with Gasteiger partial charge in [-0.05, 0) is 50.2 Å². The summed E-state index contributed by atoms with van der Waals surface area (Å²) in [6.45, 7) is 4.03. The van der Waals surface area contributed by atoms with Crippen molar-refractivity contribution < 1.29 is 9.18 Å². The molecule has 0 aliphatic rings. The zero-order chi connectivity index (χ0) is 18.1. The van der Waals surface area contributed by atoms with E-state index in [0.717, 1.165) is 0 Å². The number of anilines is 1. The molecule has 0 fully saturated rings. The molecule has 0 aliphatic heterocycles. The number of carbonyl (C=O) groups excluding carboxylic acids is 1. The summed E-state index contributed by atoms with van der Waals surface area (Å²) in [4.78, 5) is 28.8. The van der Waals surface area contributed by atoms with Crippen molar-refractivity contribution in [3.63, 3.8) is 0 Å². The standard InChI is InChI=1S/C18H15ClFN3O2/c1-3-23-16-7-4-11(8-15(16)21-10(2)18(23)25)17(24)22-12-5-6-14(20)13(19)9-12/h4-9H,3H2,1-2H3,(H,22,24). The first-order valence-corrected chi connectivity index (χ1v) is 8.06. The van der Waals surface area contributed by atoms with Crippen molar-refractivity contribution in [2.24, 2.45) is 0 Å². The molecular weight excluding hydrogens is 345 g/mol. The third kappa shape index (κ3) is 3.25. The van der Waals surface area contributed by atoms with Gasteiger partial charge >= 0.3 is 0 Å². The highest BCUT2D eigenvalue weighted by Crippen LogP contribution is 2.20. The van der Waals surface area contributed by atoms with E-state index >= 15 is 0 Å². The van der Waals surface area contributed by atoms with Gasteiger partial charge in [0.1, 0.15) is 11.5 Å². The molecule has 0 aliphatic carbocycles. The average molecular weight is 360 g/mol. The summed E-state index contributed by atoms with van der Waals surface area (Å²) in [6, 6.07) is 8.88. The molecule has 1 amide bonds. The van der Waals surface area contributed by atoms with Crippen LogP contribution < -0.4 is 10.9 Å². The number of carbonyl (C=O) groups is 1. The number of aryl methyl sites for hydroxylation is 2. The van der Waals surface area contributed by atoms with Crippen LogP contribution in [0.5, 0.6) is 0 Å². The molecule has 0 bridgehead atoms. The van der Waals surface area contributed by atoms with Crippen LogP contribution >= 0.6 is 11.6 Å². The van der Waals surface area contributed by atoms with Crippen molar-refractivity contribution in [3.8, 4) is 0 Å². The van der Waals surface area contributed by atoms with Gasteiger partial charge < -0.3 is 9.88 Å². The molecule has 0 spiro atoms. The Morgan fingerprint density at radius 3 is 2.72 bits per heavy atom. The maximum atomic E-state index is 13.2. The topological polar surface area (TPSA) is 64.0 Å². The fourth-order valence-electron chi connectivity index (χ4n) is 2.61. The molecule has 25 heavy (non-hydrogen) atoms. The van der Waals surface area contributed by atoms with Crippen molar-refractivity contribution >= 4 is 34.2 Å². The van der Waals surface area contributed by atoms with Crippen LogP contribution in [0.1, 0.15) is 23.0 Å². The summed E-state index contributed by atoms with van der Waals surface area (Å²) in [5.41, 5.74) is 2.22. The van der Waals surface area contributed by atoms with Crippen LogP contribution in [0.2, 0.25) is 5.02 Å². The minimum atomic E-state index is -0.553. The molecule has 3 rings (SSSR count). The van der Waals surface area contributed by atoms with Gasteiger partial charge in [0.05, 0.1) is 16.1 Å². The Kier molecular flexibility index (Phi) is 4.55. The average Bonchev–Trinajstić information content (AvgIpc) is 2.59. The van der Waals surface area contributed by atoms with Crippen molar-refractivity contribution in [2.45, 2.75) is 20.4 Å². The molecular formula is C18H15ClFN3O2. The highest BCUT2D eigenvalue weighted by atomic mass is 35.5. The molecule has 2 aromatic carbocycles. The van der Waals surface area contributed by atoms with Gasteiger partial charge in [-0.3, -0.25) is 9.59 Å². The van der Waals surface area contributed by atoms with E-state index in [0.29, 0.717) is 34.5 Å². The normalized spacial score (nSPS) is 10.9. The molecule has 0 saturated heterocycles. The summed E-state index contributed by atoms with van der Waals surface area (Å²) in [5, 5.41) is 2.59. The Morgan fingerprint density at radius 1 is 1.28 bits per heavy atom. The number of halogens is 2. The van der Waals surface area contributed by atoms with Crippen molar-refractivity contribution in [1.29, 1.82) is 0 Å². The van der Waals surface area contributed by atoms with Crippen molar-refractivity contribution in [3.05, 3.63) is 68.8 Å². The first-order chi connectivity index (χ1) is 11.9. The van der Waals surface area contributed by atoms with Gasteiger partial charge in [-0.2, -0.15) is 0 Å². The van der Waals surface area contributed by atoms with E-state index < -0.39 is 5.82 Å². The van der Waals surface area contributed by atoms with Gasteiger partial charge in [0.2, 0.25) is 0 Å². The van der Waals surface area contributed by atoms with Crippen LogP contribution in [0.25, 0.3) is 11.0 Å². The second-order valence-electron chi connectivity index (χ2n) is 5.53. The number of amides is 1. The fraction of sp³-hybridized carbons (Fsp3) is 0.167. The Bertz CT molecular complexity index is 1050. The van der Waals surface area contributed by atoms with Crippen LogP contribution in [-0.2, 0) is 6.54 Å². The molecule has 0 radical (unpaired) electrons. The lowest BCUT2D eigenvalue weighted by Gasteiger charge is -2.10. The molecule has 0 unspecified atom stereocenters. The number of fused-ring (bicyclic) bond motifs is 1. The maximum absolute atomic E-state index is 13.2. The van der Waals surface area contributed by atoms with Crippen LogP contribution in [-0.4, -0.2) is 15.5 Å². The van der Waals surface area contributed by atoms with Gasteiger partial charge in [-0.1, -0.05) is 11.6 Å². The predicted molar refractivity (Wildman–Crippen MR) is 95.8 cm³/mol. The molecule has 1 N–H and O–H groups in total. The van der Waals surface area contributed by atoms with Gasteiger partial charge in [0.15, 0.2) is 0 Å². The Morgan fingerprint density at radius 2 is 2.04 bits per heavy atom. The molecule has 3 aromatic rings.